The second-order valence-corrected chi connectivity index (χ2v) is 3.12. The molecule has 0 aliphatic carbocycles. The SMILES string of the molecule is O=c1ccc2cc(O)cc(Cl)c2[nH]1. The average molecular weight is 196 g/mol. The number of phenols is 1. The lowest BCUT2D eigenvalue weighted by atomic mass is 10.2. The number of benzene rings is 1. The van der Waals surface area contributed by atoms with Gasteiger partial charge in [0.25, 0.3) is 0 Å². The van der Waals surface area contributed by atoms with Gasteiger partial charge >= 0.3 is 0 Å². The van der Waals surface area contributed by atoms with Crippen LogP contribution in [0.25, 0.3) is 10.9 Å². The molecule has 2 N–H and O–H groups in total. The summed E-state index contributed by atoms with van der Waals surface area (Å²) in [5.74, 6) is 0.0875. The predicted octanol–water partition coefficient (Wildman–Crippen LogP) is 1.89. The van der Waals surface area contributed by atoms with E-state index in [1.807, 2.05) is 0 Å². The highest BCUT2D eigenvalue weighted by Gasteiger charge is 2.01. The zero-order valence-corrected chi connectivity index (χ0v) is 7.30. The molecule has 0 unspecified atom stereocenters. The maximum absolute atomic E-state index is 10.9. The third kappa shape index (κ3) is 1.38. The minimum absolute atomic E-state index is 0.0875. The van der Waals surface area contributed by atoms with E-state index in [4.69, 9.17) is 11.6 Å². The lowest BCUT2D eigenvalue weighted by molar-refractivity contribution is 0.476. The average Bonchev–Trinajstić information content (AvgIpc) is 2.06. The van der Waals surface area contributed by atoms with E-state index in [0.29, 0.717) is 15.9 Å². The van der Waals surface area contributed by atoms with Gasteiger partial charge in [0, 0.05) is 17.5 Å². The maximum Gasteiger partial charge on any atom is 0.248 e. The quantitative estimate of drug-likeness (QED) is 0.675. The second kappa shape index (κ2) is 2.78. The first-order chi connectivity index (χ1) is 6.16. The molecule has 0 bridgehead atoms. The molecule has 13 heavy (non-hydrogen) atoms. The first-order valence-electron chi connectivity index (χ1n) is 3.68. The van der Waals surface area contributed by atoms with E-state index in [-0.39, 0.29) is 11.3 Å². The smallest absolute Gasteiger partial charge is 0.248 e. The molecule has 1 aromatic heterocycles. The van der Waals surface area contributed by atoms with Gasteiger partial charge in [0.15, 0.2) is 0 Å². The predicted molar refractivity (Wildman–Crippen MR) is 51.2 cm³/mol. The van der Waals surface area contributed by atoms with Crippen LogP contribution in [0.3, 0.4) is 0 Å². The summed E-state index contributed by atoms with van der Waals surface area (Å²) in [6, 6.07) is 5.93. The van der Waals surface area contributed by atoms with Crippen LogP contribution < -0.4 is 5.56 Å². The summed E-state index contributed by atoms with van der Waals surface area (Å²) in [4.78, 5) is 13.5. The highest BCUT2D eigenvalue weighted by Crippen LogP contribution is 2.25. The van der Waals surface area contributed by atoms with Crippen LogP contribution in [-0.4, -0.2) is 10.1 Å². The van der Waals surface area contributed by atoms with Gasteiger partial charge in [-0.3, -0.25) is 4.79 Å². The van der Waals surface area contributed by atoms with Gasteiger partial charge in [-0.1, -0.05) is 11.6 Å². The molecule has 0 spiro atoms. The van der Waals surface area contributed by atoms with Crippen molar-refractivity contribution >= 4 is 22.5 Å². The Labute approximate surface area is 78.6 Å². The first kappa shape index (κ1) is 8.13. The summed E-state index contributed by atoms with van der Waals surface area (Å²) in [5.41, 5.74) is 0.340. The molecule has 0 amide bonds. The standard InChI is InChI=1S/C9H6ClNO2/c10-7-4-6(12)3-5-1-2-8(13)11-9(5)7/h1-4,12H,(H,11,13). The van der Waals surface area contributed by atoms with E-state index in [9.17, 15) is 9.90 Å². The van der Waals surface area contributed by atoms with E-state index in [1.54, 1.807) is 6.07 Å². The number of aromatic hydroxyl groups is 1. The third-order valence-corrected chi connectivity index (χ3v) is 2.07. The normalized spacial score (nSPS) is 10.5. The molecular formula is C9H6ClNO2. The van der Waals surface area contributed by atoms with Crippen LogP contribution in [-0.2, 0) is 0 Å². The number of H-pyrrole nitrogens is 1. The number of aromatic nitrogens is 1. The number of fused-ring (bicyclic) bond motifs is 1. The number of aromatic amines is 1. The highest BCUT2D eigenvalue weighted by molar-refractivity contribution is 6.35. The number of pyridine rings is 1. The Hall–Kier alpha value is -1.48. The topological polar surface area (TPSA) is 53.1 Å². The van der Waals surface area contributed by atoms with Crippen molar-refractivity contribution in [2.45, 2.75) is 0 Å². The second-order valence-electron chi connectivity index (χ2n) is 2.71. The molecule has 3 nitrogen and oxygen atoms in total. The van der Waals surface area contributed by atoms with Crippen LogP contribution in [0.5, 0.6) is 5.75 Å². The molecule has 0 aliphatic heterocycles. The van der Waals surface area contributed by atoms with Crippen molar-refractivity contribution in [1.29, 1.82) is 0 Å². The van der Waals surface area contributed by atoms with Crippen LogP contribution in [0, 0.1) is 0 Å². The summed E-state index contributed by atoms with van der Waals surface area (Å²) < 4.78 is 0. The Morgan fingerprint density at radius 3 is 2.85 bits per heavy atom. The Morgan fingerprint density at radius 2 is 2.08 bits per heavy atom. The Bertz CT molecular complexity index is 518. The Kier molecular flexibility index (Phi) is 1.74. The van der Waals surface area contributed by atoms with Gasteiger partial charge in [-0.25, -0.2) is 0 Å². The number of halogens is 1. The lowest BCUT2D eigenvalue weighted by Gasteiger charge is -2.00. The molecule has 0 radical (unpaired) electrons. The van der Waals surface area contributed by atoms with Crippen molar-refractivity contribution < 1.29 is 5.11 Å². The van der Waals surface area contributed by atoms with Gasteiger partial charge in [0.2, 0.25) is 5.56 Å². The molecule has 0 fully saturated rings. The minimum atomic E-state index is -0.208. The van der Waals surface area contributed by atoms with E-state index < -0.39 is 0 Å². The van der Waals surface area contributed by atoms with E-state index in [1.165, 1.54) is 18.2 Å². The zero-order valence-electron chi connectivity index (χ0n) is 6.54. The zero-order chi connectivity index (χ0) is 9.42. The largest absolute Gasteiger partial charge is 0.508 e. The minimum Gasteiger partial charge on any atom is -0.508 e. The maximum atomic E-state index is 10.9. The van der Waals surface area contributed by atoms with Crippen molar-refractivity contribution in [3.8, 4) is 5.75 Å². The number of rotatable bonds is 0. The summed E-state index contributed by atoms with van der Waals surface area (Å²) in [6.45, 7) is 0. The highest BCUT2D eigenvalue weighted by atomic mass is 35.5. The molecule has 0 saturated carbocycles. The Morgan fingerprint density at radius 1 is 1.31 bits per heavy atom. The number of hydrogen-bond donors (Lipinski definition) is 2. The van der Waals surface area contributed by atoms with Crippen molar-refractivity contribution in [1.82, 2.24) is 4.98 Å². The first-order valence-corrected chi connectivity index (χ1v) is 4.06. The van der Waals surface area contributed by atoms with Crippen LogP contribution in [0.1, 0.15) is 0 Å². The molecule has 66 valence electrons. The van der Waals surface area contributed by atoms with E-state index in [0.717, 1.165) is 0 Å². The fraction of sp³-hybridized carbons (Fsp3) is 0. The Balaban J connectivity index is 2.95. The van der Waals surface area contributed by atoms with Crippen molar-refractivity contribution in [2.75, 3.05) is 0 Å². The molecule has 1 heterocycles. The molecule has 4 heteroatoms. The molecule has 0 atom stereocenters. The lowest BCUT2D eigenvalue weighted by Crippen LogP contribution is -2.02. The van der Waals surface area contributed by atoms with Gasteiger partial charge in [-0.05, 0) is 12.1 Å². The van der Waals surface area contributed by atoms with Gasteiger partial charge in [-0.2, -0.15) is 0 Å². The number of phenolic OH excluding ortho intramolecular Hbond substituents is 1. The molecule has 2 rings (SSSR count). The summed E-state index contributed by atoms with van der Waals surface area (Å²) >= 11 is 5.80. The van der Waals surface area contributed by atoms with Crippen LogP contribution in [0.2, 0.25) is 5.02 Å². The van der Waals surface area contributed by atoms with Crippen molar-refractivity contribution in [2.24, 2.45) is 0 Å². The third-order valence-electron chi connectivity index (χ3n) is 1.77. The summed E-state index contributed by atoms with van der Waals surface area (Å²) in [6.07, 6.45) is 0. The molecule has 1 aromatic carbocycles. The van der Waals surface area contributed by atoms with Crippen molar-refractivity contribution in [3.05, 3.63) is 39.6 Å². The fourth-order valence-corrected chi connectivity index (χ4v) is 1.47. The molecule has 2 aromatic rings. The van der Waals surface area contributed by atoms with Crippen LogP contribution >= 0.6 is 11.6 Å². The van der Waals surface area contributed by atoms with E-state index in [2.05, 4.69) is 4.98 Å². The summed E-state index contributed by atoms with van der Waals surface area (Å²) in [5, 5.41) is 10.3. The molecular weight excluding hydrogens is 190 g/mol. The fourth-order valence-electron chi connectivity index (χ4n) is 1.21. The van der Waals surface area contributed by atoms with Gasteiger partial charge < -0.3 is 10.1 Å². The van der Waals surface area contributed by atoms with E-state index >= 15 is 0 Å². The van der Waals surface area contributed by atoms with Gasteiger partial charge in [0.1, 0.15) is 5.75 Å². The molecule has 0 aliphatic rings. The number of hydrogen-bond acceptors (Lipinski definition) is 2. The van der Waals surface area contributed by atoms with Crippen LogP contribution in [0.4, 0.5) is 0 Å². The monoisotopic (exact) mass is 195 g/mol. The summed E-state index contributed by atoms with van der Waals surface area (Å²) in [7, 11) is 0. The van der Waals surface area contributed by atoms with Crippen LogP contribution in [0.15, 0.2) is 29.1 Å². The molecule has 0 saturated heterocycles. The van der Waals surface area contributed by atoms with Gasteiger partial charge in [0.05, 0.1) is 10.5 Å². The van der Waals surface area contributed by atoms with Crippen molar-refractivity contribution in [3.63, 3.8) is 0 Å². The number of nitrogens with one attached hydrogen (secondary N) is 1. The van der Waals surface area contributed by atoms with Gasteiger partial charge in [-0.15, -0.1) is 0 Å².